The minimum atomic E-state index is -1.25. The Morgan fingerprint density at radius 1 is 1.04 bits per heavy atom. The van der Waals surface area contributed by atoms with Gasteiger partial charge in [-0.2, -0.15) is 0 Å². The fourth-order valence-electron chi connectivity index (χ4n) is 13.5. The van der Waals surface area contributed by atoms with Crippen LogP contribution in [0.5, 0.6) is 0 Å². The molecule has 0 amide bonds. The lowest BCUT2D eigenvalue weighted by Gasteiger charge is -2.68. The molecule has 0 radical (unpaired) electrons. The summed E-state index contributed by atoms with van der Waals surface area (Å²) in [6.07, 6.45) is 6.36. The first-order valence-electron chi connectivity index (χ1n) is 18.3. The lowest BCUT2D eigenvalue weighted by molar-refractivity contribution is -0.243. The average molecular weight is 654 g/mol. The Kier molecular flexibility index (Phi) is 7.83. The number of rotatable bonds is 7. The Morgan fingerprint density at radius 3 is 2.45 bits per heavy atom. The maximum atomic E-state index is 13.5. The molecule has 5 aliphatic carbocycles. The van der Waals surface area contributed by atoms with Gasteiger partial charge in [-0.3, -0.25) is 0 Å². The fourth-order valence-corrected chi connectivity index (χ4v) is 13.5. The molecule has 8 heteroatoms. The maximum Gasteiger partial charge on any atom is 0.340 e. The number of esters is 1. The van der Waals surface area contributed by atoms with E-state index in [-0.39, 0.29) is 51.0 Å². The highest BCUT2D eigenvalue weighted by molar-refractivity contribution is 5.95. The number of benzene rings is 1. The van der Waals surface area contributed by atoms with Crippen molar-refractivity contribution < 1.29 is 34.3 Å². The molecule has 0 unspecified atom stereocenters. The Labute approximate surface area is 281 Å². The summed E-state index contributed by atoms with van der Waals surface area (Å²) in [5, 5.41) is 37.0. The monoisotopic (exact) mass is 653 g/mol. The van der Waals surface area contributed by atoms with E-state index in [1.54, 1.807) is 21.0 Å². The number of aliphatic hydroxyl groups is 3. The van der Waals surface area contributed by atoms with Gasteiger partial charge in [0.25, 0.3) is 0 Å². The van der Waals surface area contributed by atoms with Gasteiger partial charge in [-0.05, 0) is 118 Å². The number of aliphatic hydroxyl groups excluding tert-OH is 2. The van der Waals surface area contributed by atoms with Gasteiger partial charge in [0.05, 0.1) is 23.4 Å². The third kappa shape index (κ3) is 4.46. The summed E-state index contributed by atoms with van der Waals surface area (Å²) in [6, 6.07) is 7.52. The summed E-state index contributed by atoms with van der Waals surface area (Å²) < 4.78 is 18.5. The summed E-state index contributed by atoms with van der Waals surface area (Å²) in [7, 11) is 3.52. The number of ether oxygens (including phenoxy) is 3. The second kappa shape index (κ2) is 10.9. The van der Waals surface area contributed by atoms with E-state index < -0.39 is 30.2 Å². The van der Waals surface area contributed by atoms with Crippen LogP contribution in [0.2, 0.25) is 0 Å². The first-order chi connectivity index (χ1) is 22.0. The normalized spacial score (nSPS) is 47.2. The van der Waals surface area contributed by atoms with E-state index in [1.807, 2.05) is 31.3 Å². The molecule has 1 aromatic carbocycles. The molecule has 7 rings (SSSR count). The van der Waals surface area contributed by atoms with Crippen molar-refractivity contribution in [2.24, 2.45) is 50.7 Å². The SMILES string of the molecule is CNc1ccccc1C(=O)O[C@H]1CC[C@]2(C)[C@H]3CC[C@]45C[C@]4(CC[C@H]5[C@@H]4C[C@H]([C@H](O)C(C)(C)O)O[C@@H]4OC)[C@]3(C)[C@H](O)C[C@H]2C1(C)C. The van der Waals surface area contributed by atoms with Gasteiger partial charge in [-0.15, -0.1) is 0 Å². The number of methoxy groups -OCH3 is 1. The number of anilines is 1. The van der Waals surface area contributed by atoms with Gasteiger partial charge < -0.3 is 34.8 Å². The Morgan fingerprint density at radius 2 is 1.77 bits per heavy atom. The smallest absolute Gasteiger partial charge is 0.340 e. The molecule has 1 aliphatic heterocycles. The summed E-state index contributed by atoms with van der Waals surface area (Å²) in [4.78, 5) is 13.5. The number of hydrogen-bond donors (Lipinski definition) is 4. The predicted molar refractivity (Wildman–Crippen MR) is 180 cm³/mol. The Hall–Kier alpha value is -1.71. The minimum Gasteiger partial charge on any atom is -0.458 e. The van der Waals surface area contributed by atoms with E-state index in [2.05, 4.69) is 33.0 Å². The van der Waals surface area contributed by atoms with Crippen LogP contribution in [-0.4, -0.2) is 71.8 Å². The summed E-state index contributed by atoms with van der Waals surface area (Å²) in [5.74, 6) is 0.916. The number of hydrogen-bond acceptors (Lipinski definition) is 8. The zero-order valence-corrected chi connectivity index (χ0v) is 29.8. The first kappa shape index (κ1) is 33.8. The molecule has 262 valence electrons. The number of carbonyl (C=O) groups is 1. The molecule has 1 aromatic rings. The molecule has 1 heterocycles. The van der Waals surface area contributed by atoms with Gasteiger partial charge in [0.2, 0.25) is 0 Å². The van der Waals surface area contributed by atoms with Crippen LogP contribution >= 0.6 is 0 Å². The van der Waals surface area contributed by atoms with Crippen LogP contribution in [0.25, 0.3) is 0 Å². The average Bonchev–Trinajstić information content (AvgIpc) is 3.35. The lowest BCUT2D eigenvalue weighted by atomic mass is 9.37. The van der Waals surface area contributed by atoms with E-state index >= 15 is 0 Å². The van der Waals surface area contributed by atoms with Crippen LogP contribution in [-0.2, 0) is 14.2 Å². The van der Waals surface area contributed by atoms with E-state index in [4.69, 9.17) is 14.2 Å². The van der Waals surface area contributed by atoms with Crippen molar-refractivity contribution >= 4 is 11.7 Å². The highest BCUT2D eigenvalue weighted by Crippen LogP contribution is 2.91. The molecule has 8 nitrogen and oxygen atoms in total. The number of para-hydroxylation sites is 1. The van der Waals surface area contributed by atoms with Crippen LogP contribution in [0.15, 0.2) is 24.3 Å². The fraction of sp³-hybridized carbons (Fsp3) is 0.821. The van der Waals surface area contributed by atoms with Crippen molar-refractivity contribution in [1.29, 1.82) is 0 Å². The zero-order chi connectivity index (χ0) is 33.9. The molecule has 4 N–H and O–H groups in total. The molecule has 0 aromatic heterocycles. The lowest BCUT2D eigenvalue weighted by Crippen LogP contribution is -2.66. The van der Waals surface area contributed by atoms with Gasteiger partial charge in [0.1, 0.15) is 12.2 Å². The van der Waals surface area contributed by atoms with E-state index in [0.29, 0.717) is 23.8 Å². The number of carbonyl (C=O) groups excluding carboxylic acids is 1. The molecule has 0 spiro atoms. The predicted octanol–water partition coefficient (Wildman–Crippen LogP) is 6.17. The minimum absolute atomic E-state index is 0.0400. The van der Waals surface area contributed by atoms with E-state index in [0.717, 1.165) is 57.1 Å². The summed E-state index contributed by atoms with van der Waals surface area (Å²) in [5.41, 5.74) is -0.0943. The second-order valence-corrected chi connectivity index (χ2v) is 18.1. The molecular formula is C39H59NO7. The molecule has 47 heavy (non-hydrogen) atoms. The standard InChI is InChI=1S/C39H59NO7/c1-34(2)28-20-29(41)37(6)27(36(28,5)16-15-30(34)47-32(43)22-11-9-10-12-25(22)40-7)14-17-38-21-39(37,38)18-13-24(38)23-19-26(46-33(23)45-8)31(42)35(3,4)44/h9-12,23-24,26-31,33,40-42,44H,13-21H2,1-8H3/t23-,24-,26+,27+,28-,29+,30-,31-,33-,36+,37-,38+,39+/m0/s1. The van der Waals surface area contributed by atoms with Gasteiger partial charge >= 0.3 is 5.97 Å². The largest absolute Gasteiger partial charge is 0.458 e. The molecule has 6 aliphatic rings. The van der Waals surface area contributed by atoms with Crippen molar-refractivity contribution in [3.8, 4) is 0 Å². The van der Waals surface area contributed by atoms with Crippen molar-refractivity contribution in [3.05, 3.63) is 29.8 Å². The van der Waals surface area contributed by atoms with E-state index in [9.17, 15) is 20.1 Å². The molecular weight excluding hydrogens is 594 g/mol. The van der Waals surface area contributed by atoms with Crippen LogP contribution < -0.4 is 5.32 Å². The molecule has 6 fully saturated rings. The van der Waals surface area contributed by atoms with E-state index in [1.165, 1.54) is 0 Å². The Balaban J connectivity index is 1.13. The van der Waals surface area contributed by atoms with Gasteiger partial charge in [-0.25, -0.2) is 4.79 Å². The molecule has 5 saturated carbocycles. The quantitative estimate of drug-likeness (QED) is 0.258. The molecule has 13 atom stereocenters. The summed E-state index contributed by atoms with van der Waals surface area (Å²) >= 11 is 0. The van der Waals surface area contributed by atoms with Crippen molar-refractivity contribution in [3.63, 3.8) is 0 Å². The third-order valence-corrected chi connectivity index (χ3v) is 15.7. The van der Waals surface area contributed by atoms with Crippen molar-refractivity contribution in [2.45, 2.75) is 136 Å². The van der Waals surface area contributed by atoms with Gasteiger partial charge in [0, 0.05) is 36.6 Å². The van der Waals surface area contributed by atoms with Crippen LogP contribution in [0, 0.1) is 50.7 Å². The second-order valence-electron chi connectivity index (χ2n) is 18.1. The highest BCUT2D eigenvalue weighted by Gasteiger charge is 2.86. The topological polar surface area (TPSA) is 117 Å². The van der Waals surface area contributed by atoms with Crippen molar-refractivity contribution in [1.82, 2.24) is 0 Å². The van der Waals surface area contributed by atoms with Crippen LogP contribution in [0.4, 0.5) is 5.69 Å². The molecule has 0 bridgehead atoms. The summed E-state index contributed by atoms with van der Waals surface area (Å²) in [6.45, 7) is 12.7. The maximum absolute atomic E-state index is 13.5. The number of nitrogens with one attached hydrogen (secondary N) is 1. The van der Waals surface area contributed by atoms with Gasteiger partial charge in [-0.1, -0.05) is 39.8 Å². The highest BCUT2D eigenvalue weighted by atomic mass is 16.7. The Bertz CT molecular complexity index is 1390. The third-order valence-electron chi connectivity index (χ3n) is 15.7. The van der Waals surface area contributed by atoms with Gasteiger partial charge in [0.15, 0.2) is 6.29 Å². The van der Waals surface area contributed by atoms with Crippen LogP contribution in [0.3, 0.4) is 0 Å². The zero-order valence-electron chi connectivity index (χ0n) is 29.8. The number of fused-ring (bicyclic) bond motifs is 3. The van der Waals surface area contributed by atoms with Crippen molar-refractivity contribution in [2.75, 3.05) is 19.5 Å². The first-order valence-corrected chi connectivity index (χ1v) is 18.3. The van der Waals surface area contributed by atoms with Crippen LogP contribution in [0.1, 0.15) is 110 Å². The molecule has 1 saturated heterocycles.